The third-order valence-electron chi connectivity index (χ3n) is 5.56. The van der Waals surface area contributed by atoms with Crippen molar-refractivity contribution in [2.24, 2.45) is 0 Å². The number of nitrogens with zero attached hydrogens (tertiary/aromatic N) is 1. The van der Waals surface area contributed by atoms with Crippen LogP contribution in [0.5, 0.6) is 11.5 Å². The predicted octanol–water partition coefficient (Wildman–Crippen LogP) is 2.46. The van der Waals surface area contributed by atoms with E-state index in [1.807, 2.05) is 61.5 Å². The van der Waals surface area contributed by atoms with Gasteiger partial charge in [-0.2, -0.15) is 4.31 Å². The van der Waals surface area contributed by atoms with Crippen LogP contribution in [0.25, 0.3) is 0 Å². The number of para-hydroxylation sites is 1. The van der Waals surface area contributed by atoms with Gasteiger partial charge in [0.25, 0.3) is 15.9 Å². The van der Waals surface area contributed by atoms with E-state index in [0.29, 0.717) is 41.8 Å². The molecule has 9 heteroatoms. The van der Waals surface area contributed by atoms with Crippen LogP contribution >= 0.6 is 11.3 Å². The number of rotatable bonds is 7. The van der Waals surface area contributed by atoms with Crippen LogP contribution in [0.2, 0.25) is 0 Å². The largest absolute Gasteiger partial charge is 0.457 e. The zero-order chi connectivity index (χ0) is 22.6. The van der Waals surface area contributed by atoms with E-state index in [1.54, 1.807) is 17.5 Å². The molecule has 1 amide bonds. The summed E-state index contributed by atoms with van der Waals surface area (Å²) in [5.41, 5.74) is 0.695. The van der Waals surface area contributed by atoms with Crippen LogP contribution in [0.15, 0.2) is 76.3 Å². The molecule has 168 valence electrons. The molecular weight excluding hydrogens is 446 g/mol. The second-order valence-corrected chi connectivity index (χ2v) is 10.8. The van der Waals surface area contributed by atoms with Crippen LogP contribution in [-0.2, 0) is 14.8 Å². The second kappa shape index (κ2) is 9.83. The molecule has 3 aromatic rings. The molecule has 0 unspecified atom stereocenters. The number of nitrogens with one attached hydrogen (secondary N) is 2. The topological polar surface area (TPSA) is 80.2 Å². The summed E-state index contributed by atoms with van der Waals surface area (Å²) in [5, 5.41) is 4.71. The molecule has 0 bridgehead atoms. The number of hydrogen-bond donors (Lipinski definition) is 2. The molecule has 2 heterocycles. The maximum atomic E-state index is 12.8. The number of anilines is 1. The Bertz CT molecular complexity index is 1130. The number of thiophene rings is 1. The Hall–Kier alpha value is -2.72. The van der Waals surface area contributed by atoms with E-state index in [4.69, 9.17) is 4.74 Å². The number of carbonyl (C=O) groups is 1. The van der Waals surface area contributed by atoms with Gasteiger partial charge in [0.05, 0.1) is 26.2 Å². The SMILES string of the molecule is C[C@@H](C(=O)Nc1ccc(Oc2ccccc2)cc1)[NH+]1CCN(S(=O)(=O)c2cccs2)CC1. The van der Waals surface area contributed by atoms with E-state index in [2.05, 4.69) is 5.32 Å². The first-order valence-electron chi connectivity index (χ1n) is 10.5. The van der Waals surface area contributed by atoms with Crippen LogP contribution in [0.3, 0.4) is 0 Å². The molecule has 2 aromatic carbocycles. The fourth-order valence-corrected chi connectivity index (χ4v) is 6.24. The van der Waals surface area contributed by atoms with Gasteiger partial charge in [-0.05, 0) is 54.8 Å². The summed E-state index contributed by atoms with van der Waals surface area (Å²) in [4.78, 5) is 13.8. The zero-order valence-electron chi connectivity index (χ0n) is 17.7. The maximum Gasteiger partial charge on any atom is 0.282 e. The molecule has 32 heavy (non-hydrogen) atoms. The van der Waals surface area contributed by atoms with Gasteiger partial charge in [0.2, 0.25) is 0 Å². The van der Waals surface area contributed by atoms with Gasteiger partial charge in [-0.1, -0.05) is 24.3 Å². The van der Waals surface area contributed by atoms with Gasteiger partial charge in [-0.3, -0.25) is 4.79 Å². The molecule has 1 aliphatic rings. The van der Waals surface area contributed by atoms with Gasteiger partial charge in [-0.15, -0.1) is 11.3 Å². The summed E-state index contributed by atoms with van der Waals surface area (Å²) in [6, 6.07) is 19.8. The minimum atomic E-state index is -3.44. The Kier molecular flexibility index (Phi) is 6.90. The van der Waals surface area contributed by atoms with Crippen molar-refractivity contribution in [3.8, 4) is 11.5 Å². The van der Waals surface area contributed by atoms with Crippen LogP contribution in [0.1, 0.15) is 6.92 Å². The molecule has 1 aromatic heterocycles. The monoisotopic (exact) mass is 472 g/mol. The minimum absolute atomic E-state index is 0.0914. The van der Waals surface area contributed by atoms with E-state index in [1.165, 1.54) is 15.6 Å². The third-order valence-corrected chi connectivity index (χ3v) is 8.83. The number of carbonyl (C=O) groups excluding carboxylic acids is 1. The van der Waals surface area contributed by atoms with Gasteiger partial charge in [-0.25, -0.2) is 8.42 Å². The first-order valence-corrected chi connectivity index (χ1v) is 12.8. The summed E-state index contributed by atoms with van der Waals surface area (Å²) in [6.07, 6.45) is 0. The first kappa shape index (κ1) is 22.5. The first-order chi connectivity index (χ1) is 15.4. The average molecular weight is 473 g/mol. The van der Waals surface area contributed by atoms with E-state index >= 15 is 0 Å². The highest BCUT2D eigenvalue weighted by molar-refractivity contribution is 7.91. The van der Waals surface area contributed by atoms with Crippen LogP contribution in [0.4, 0.5) is 5.69 Å². The summed E-state index contributed by atoms with van der Waals surface area (Å²) >= 11 is 1.23. The lowest BCUT2D eigenvalue weighted by Crippen LogP contribution is -3.19. The van der Waals surface area contributed by atoms with Crippen molar-refractivity contribution < 1.29 is 22.8 Å². The zero-order valence-corrected chi connectivity index (χ0v) is 19.4. The number of sulfonamides is 1. The van der Waals surface area contributed by atoms with Gasteiger partial charge in [0.15, 0.2) is 6.04 Å². The smallest absolute Gasteiger partial charge is 0.282 e. The van der Waals surface area contributed by atoms with E-state index in [-0.39, 0.29) is 11.9 Å². The lowest BCUT2D eigenvalue weighted by molar-refractivity contribution is -0.917. The molecule has 2 N–H and O–H groups in total. The summed E-state index contributed by atoms with van der Waals surface area (Å²) in [7, 11) is -3.44. The molecule has 1 saturated heterocycles. The lowest BCUT2D eigenvalue weighted by atomic mass is 10.2. The van der Waals surface area contributed by atoms with Crippen molar-refractivity contribution >= 4 is 33.0 Å². The molecule has 0 spiro atoms. The molecular formula is C23H26N3O4S2+. The number of ether oxygens (including phenoxy) is 1. The molecule has 1 fully saturated rings. The summed E-state index contributed by atoms with van der Waals surface area (Å²) in [5.74, 6) is 1.35. The van der Waals surface area contributed by atoms with E-state index in [9.17, 15) is 13.2 Å². The molecule has 7 nitrogen and oxygen atoms in total. The van der Waals surface area contributed by atoms with Crippen molar-refractivity contribution in [3.05, 3.63) is 72.1 Å². The predicted molar refractivity (Wildman–Crippen MR) is 125 cm³/mol. The number of quaternary nitrogens is 1. The lowest BCUT2D eigenvalue weighted by Gasteiger charge is -2.33. The summed E-state index contributed by atoms with van der Waals surface area (Å²) in [6.45, 7) is 3.85. The standard InChI is InChI=1S/C23H25N3O4S2/c1-18(25-13-15-26(16-14-25)32(28,29)22-8-5-17-31-22)23(27)24-19-9-11-21(12-10-19)30-20-6-3-2-4-7-20/h2-12,17-18H,13-16H2,1H3,(H,24,27)/p+1/t18-/m0/s1. The van der Waals surface area contributed by atoms with E-state index in [0.717, 1.165) is 10.6 Å². The quantitative estimate of drug-likeness (QED) is 0.554. The van der Waals surface area contributed by atoms with Crippen molar-refractivity contribution in [1.29, 1.82) is 0 Å². The van der Waals surface area contributed by atoms with Gasteiger partial charge < -0.3 is 15.0 Å². The fraction of sp³-hybridized carbons (Fsp3) is 0.261. The van der Waals surface area contributed by atoms with Gasteiger partial charge in [0.1, 0.15) is 15.7 Å². The van der Waals surface area contributed by atoms with Crippen molar-refractivity contribution in [2.45, 2.75) is 17.2 Å². The molecule has 1 aliphatic heterocycles. The Labute approximate surface area is 192 Å². The van der Waals surface area contributed by atoms with Crippen LogP contribution in [-0.4, -0.2) is 50.9 Å². The second-order valence-electron chi connectivity index (χ2n) is 7.64. The minimum Gasteiger partial charge on any atom is -0.457 e. The Morgan fingerprint density at radius 1 is 1.00 bits per heavy atom. The Morgan fingerprint density at radius 3 is 2.28 bits per heavy atom. The van der Waals surface area contributed by atoms with Gasteiger partial charge in [0, 0.05) is 5.69 Å². The molecule has 1 atom stereocenters. The fourth-order valence-electron chi connectivity index (χ4n) is 3.65. The van der Waals surface area contributed by atoms with E-state index < -0.39 is 10.0 Å². The highest BCUT2D eigenvalue weighted by Crippen LogP contribution is 2.23. The Balaban J connectivity index is 1.30. The molecule has 4 rings (SSSR count). The highest BCUT2D eigenvalue weighted by atomic mass is 32.2. The third kappa shape index (κ3) is 5.18. The normalized spacial score (nSPS) is 16.4. The van der Waals surface area contributed by atoms with Crippen LogP contribution < -0.4 is 15.0 Å². The number of piperazine rings is 1. The maximum absolute atomic E-state index is 12.8. The van der Waals surface area contributed by atoms with Crippen molar-refractivity contribution in [1.82, 2.24) is 4.31 Å². The average Bonchev–Trinajstić information content (AvgIpc) is 3.37. The molecule has 0 radical (unpaired) electrons. The van der Waals surface area contributed by atoms with Gasteiger partial charge >= 0.3 is 0 Å². The highest BCUT2D eigenvalue weighted by Gasteiger charge is 2.34. The number of amides is 1. The number of hydrogen-bond acceptors (Lipinski definition) is 5. The Morgan fingerprint density at radius 2 is 1.66 bits per heavy atom. The molecule has 0 aliphatic carbocycles. The van der Waals surface area contributed by atoms with Crippen molar-refractivity contribution in [3.63, 3.8) is 0 Å². The van der Waals surface area contributed by atoms with Crippen molar-refractivity contribution in [2.75, 3.05) is 31.5 Å². The molecule has 0 saturated carbocycles. The number of benzene rings is 2. The van der Waals surface area contributed by atoms with Crippen LogP contribution in [0, 0.1) is 0 Å². The summed E-state index contributed by atoms with van der Waals surface area (Å²) < 4.78 is 33.0.